The van der Waals surface area contributed by atoms with Gasteiger partial charge in [0.25, 0.3) is 5.56 Å². The van der Waals surface area contributed by atoms with Crippen LogP contribution in [-0.4, -0.2) is 9.38 Å². The van der Waals surface area contributed by atoms with Crippen LogP contribution >= 0.6 is 11.3 Å². The first-order chi connectivity index (χ1) is 12.7. The lowest BCUT2D eigenvalue weighted by molar-refractivity contribution is 0.301. The summed E-state index contributed by atoms with van der Waals surface area (Å²) in [6.45, 7) is 0.236. The predicted molar refractivity (Wildman–Crippen MR) is 100 cm³/mol. The van der Waals surface area contributed by atoms with E-state index in [1.165, 1.54) is 21.8 Å². The molecule has 0 bridgehead atoms. The van der Waals surface area contributed by atoms with E-state index in [1.807, 2.05) is 41.8 Å². The van der Waals surface area contributed by atoms with E-state index >= 15 is 0 Å². The number of fused-ring (bicyclic) bond motifs is 1. The lowest BCUT2D eigenvalue weighted by atomic mass is 10.0. The van der Waals surface area contributed by atoms with E-state index in [4.69, 9.17) is 10.00 Å². The van der Waals surface area contributed by atoms with Crippen LogP contribution in [0.4, 0.5) is 0 Å². The molecule has 26 heavy (non-hydrogen) atoms. The van der Waals surface area contributed by atoms with E-state index in [9.17, 15) is 4.79 Å². The van der Waals surface area contributed by atoms with Crippen LogP contribution in [-0.2, 0) is 6.61 Å². The summed E-state index contributed by atoms with van der Waals surface area (Å²) in [4.78, 5) is 17.1. The average molecular weight is 359 g/mol. The number of hydrogen-bond acceptors (Lipinski definition) is 5. The lowest BCUT2D eigenvalue weighted by Crippen LogP contribution is -2.14. The molecule has 0 N–H and O–H groups in total. The minimum atomic E-state index is -0.106. The van der Waals surface area contributed by atoms with Crippen molar-refractivity contribution in [2.24, 2.45) is 0 Å². The molecule has 0 spiro atoms. The van der Waals surface area contributed by atoms with Crippen molar-refractivity contribution in [3.8, 4) is 22.9 Å². The number of ether oxygens (including phenoxy) is 1. The molecular weight excluding hydrogens is 346 g/mol. The Kier molecular flexibility index (Phi) is 4.22. The first-order valence-corrected chi connectivity index (χ1v) is 8.80. The summed E-state index contributed by atoms with van der Waals surface area (Å²) < 4.78 is 7.27. The molecule has 0 saturated heterocycles. The number of nitrogens with zero attached hydrogens (tertiary/aromatic N) is 3. The fourth-order valence-corrected chi connectivity index (χ4v) is 3.34. The fraction of sp³-hybridized carbons (Fsp3) is 0.0500. The summed E-state index contributed by atoms with van der Waals surface area (Å²) in [5.41, 5.74) is 3.21. The number of benzene rings is 2. The average Bonchev–Trinajstić information content (AvgIpc) is 3.16. The van der Waals surface area contributed by atoms with Crippen molar-refractivity contribution in [2.45, 2.75) is 6.61 Å². The summed E-state index contributed by atoms with van der Waals surface area (Å²) in [5.74, 6) is 0.704. The second kappa shape index (κ2) is 6.82. The molecule has 5 nitrogen and oxygen atoms in total. The molecule has 2 aromatic carbocycles. The Morgan fingerprint density at radius 3 is 2.46 bits per heavy atom. The van der Waals surface area contributed by atoms with Gasteiger partial charge in [-0.1, -0.05) is 24.3 Å². The summed E-state index contributed by atoms with van der Waals surface area (Å²) in [7, 11) is 0. The largest absolute Gasteiger partial charge is 0.487 e. The summed E-state index contributed by atoms with van der Waals surface area (Å²) >= 11 is 1.42. The van der Waals surface area contributed by atoms with Gasteiger partial charge in [-0.3, -0.25) is 9.20 Å². The molecule has 126 valence electrons. The SMILES string of the molecule is N#Cc1ccc(-c2ccc(OCc3cc(=O)n4ccsc4n3)cc2)cc1. The van der Waals surface area contributed by atoms with Crippen LogP contribution in [0.15, 0.2) is 71.0 Å². The van der Waals surface area contributed by atoms with Gasteiger partial charge in [-0.15, -0.1) is 11.3 Å². The van der Waals surface area contributed by atoms with E-state index < -0.39 is 0 Å². The number of nitriles is 1. The third-order valence-electron chi connectivity index (χ3n) is 3.94. The Balaban J connectivity index is 1.48. The highest BCUT2D eigenvalue weighted by atomic mass is 32.1. The topological polar surface area (TPSA) is 67.4 Å². The monoisotopic (exact) mass is 359 g/mol. The van der Waals surface area contributed by atoms with E-state index in [0.717, 1.165) is 11.1 Å². The molecule has 2 aromatic heterocycles. The van der Waals surface area contributed by atoms with Crippen molar-refractivity contribution in [2.75, 3.05) is 0 Å². The normalized spacial score (nSPS) is 10.6. The Hall–Kier alpha value is -3.43. The van der Waals surface area contributed by atoms with Crippen molar-refractivity contribution in [1.82, 2.24) is 9.38 Å². The molecule has 0 atom stereocenters. The van der Waals surface area contributed by atoms with Crippen LogP contribution in [0.1, 0.15) is 11.3 Å². The second-order valence-corrected chi connectivity index (χ2v) is 6.52. The van der Waals surface area contributed by atoms with E-state index in [2.05, 4.69) is 11.1 Å². The highest BCUT2D eigenvalue weighted by Crippen LogP contribution is 2.23. The Bertz CT molecular complexity index is 1150. The first kappa shape index (κ1) is 16.1. The molecule has 4 rings (SSSR count). The molecule has 0 unspecified atom stereocenters. The van der Waals surface area contributed by atoms with Crippen LogP contribution in [0.5, 0.6) is 5.75 Å². The zero-order valence-electron chi connectivity index (χ0n) is 13.6. The van der Waals surface area contributed by atoms with Gasteiger partial charge in [0.1, 0.15) is 12.4 Å². The molecule has 0 amide bonds. The Labute approximate surface area is 153 Å². The molecular formula is C20H13N3O2S. The first-order valence-electron chi connectivity index (χ1n) is 7.92. The maximum absolute atomic E-state index is 12.0. The summed E-state index contributed by atoms with van der Waals surface area (Å²) in [6.07, 6.45) is 1.71. The predicted octanol–water partition coefficient (Wildman–Crippen LogP) is 3.87. The van der Waals surface area contributed by atoms with Crippen LogP contribution < -0.4 is 10.3 Å². The second-order valence-electron chi connectivity index (χ2n) is 5.64. The highest BCUT2D eigenvalue weighted by Gasteiger charge is 2.05. The summed E-state index contributed by atoms with van der Waals surface area (Å²) in [5, 5.41) is 10.7. The molecule has 2 heterocycles. The minimum Gasteiger partial charge on any atom is -0.487 e. The Morgan fingerprint density at radius 2 is 1.77 bits per heavy atom. The highest BCUT2D eigenvalue weighted by molar-refractivity contribution is 7.15. The van der Waals surface area contributed by atoms with Crippen LogP contribution in [0.25, 0.3) is 16.1 Å². The van der Waals surface area contributed by atoms with E-state index in [1.54, 1.807) is 18.3 Å². The van der Waals surface area contributed by atoms with Gasteiger partial charge >= 0.3 is 0 Å². The van der Waals surface area contributed by atoms with Gasteiger partial charge in [-0.25, -0.2) is 4.98 Å². The van der Waals surface area contributed by atoms with Crippen molar-refractivity contribution in [1.29, 1.82) is 5.26 Å². The molecule has 0 aliphatic carbocycles. The van der Waals surface area contributed by atoms with Crippen LogP contribution in [0, 0.1) is 11.3 Å². The van der Waals surface area contributed by atoms with Gasteiger partial charge in [0.15, 0.2) is 4.96 Å². The van der Waals surface area contributed by atoms with Crippen molar-refractivity contribution < 1.29 is 4.74 Å². The number of aromatic nitrogens is 2. The molecule has 0 aliphatic rings. The molecule has 0 fully saturated rings. The molecule has 0 aliphatic heterocycles. The van der Waals surface area contributed by atoms with Crippen LogP contribution in [0.2, 0.25) is 0 Å². The van der Waals surface area contributed by atoms with Crippen molar-refractivity contribution in [3.05, 3.63) is 87.8 Å². The third-order valence-corrected chi connectivity index (χ3v) is 4.70. The maximum Gasteiger partial charge on any atom is 0.258 e. The summed E-state index contributed by atoms with van der Waals surface area (Å²) in [6, 6.07) is 18.7. The van der Waals surface area contributed by atoms with Gasteiger partial charge in [0.2, 0.25) is 0 Å². The van der Waals surface area contributed by atoms with Gasteiger partial charge in [-0.05, 0) is 35.4 Å². The zero-order chi connectivity index (χ0) is 17.9. The number of rotatable bonds is 4. The maximum atomic E-state index is 12.0. The fourth-order valence-electron chi connectivity index (χ4n) is 2.60. The van der Waals surface area contributed by atoms with Gasteiger partial charge in [0, 0.05) is 17.6 Å². The van der Waals surface area contributed by atoms with Crippen molar-refractivity contribution in [3.63, 3.8) is 0 Å². The van der Waals surface area contributed by atoms with Crippen molar-refractivity contribution >= 4 is 16.3 Å². The van der Waals surface area contributed by atoms with Crippen LogP contribution in [0.3, 0.4) is 0 Å². The lowest BCUT2D eigenvalue weighted by Gasteiger charge is -2.07. The van der Waals surface area contributed by atoms with Gasteiger partial charge in [0.05, 0.1) is 17.3 Å². The van der Waals surface area contributed by atoms with Gasteiger partial charge < -0.3 is 4.74 Å². The molecule has 0 saturated carbocycles. The zero-order valence-corrected chi connectivity index (χ0v) is 14.4. The number of hydrogen-bond donors (Lipinski definition) is 0. The number of thiazole rings is 1. The van der Waals surface area contributed by atoms with Gasteiger partial charge in [-0.2, -0.15) is 5.26 Å². The molecule has 0 radical (unpaired) electrons. The van der Waals surface area contributed by atoms with E-state index in [-0.39, 0.29) is 12.2 Å². The molecule has 6 heteroatoms. The Morgan fingerprint density at radius 1 is 1.08 bits per heavy atom. The standard InChI is InChI=1S/C20H13N3O2S/c21-12-14-1-3-15(4-2-14)16-5-7-18(8-6-16)25-13-17-11-19(24)23-9-10-26-20(23)22-17/h1-11H,13H2. The van der Waals surface area contributed by atoms with E-state index in [0.29, 0.717) is 22.0 Å². The smallest absolute Gasteiger partial charge is 0.258 e. The minimum absolute atomic E-state index is 0.106. The molecule has 4 aromatic rings. The third kappa shape index (κ3) is 3.21. The quantitative estimate of drug-likeness (QED) is 0.555.